The van der Waals surface area contributed by atoms with Crippen LogP contribution in [0.15, 0.2) is 34.8 Å². The molecule has 0 saturated heterocycles. The summed E-state index contributed by atoms with van der Waals surface area (Å²) >= 11 is 3.02. The zero-order chi connectivity index (χ0) is 14.0. The fraction of sp³-hybridized carbons (Fsp3) is 0. The lowest BCUT2D eigenvalue weighted by Gasteiger charge is -2.11. The molecule has 0 saturated carbocycles. The number of nitrogens with two attached hydrogens (primary N) is 1. The fourth-order valence-corrected chi connectivity index (χ4v) is 1.89. The van der Waals surface area contributed by atoms with Crippen LogP contribution in [-0.4, -0.2) is 0 Å². The monoisotopic (exact) mass is 323 g/mol. The van der Waals surface area contributed by atoms with Gasteiger partial charge in [0, 0.05) is 6.07 Å². The number of anilines is 3. The molecule has 3 nitrogen and oxygen atoms in total. The Kier molecular flexibility index (Phi) is 3.67. The van der Waals surface area contributed by atoms with Crippen LogP contribution in [0.25, 0.3) is 0 Å². The predicted octanol–water partition coefficient (Wildman–Crippen LogP) is 3.92. The second kappa shape index (κ2) is 5.24. The van der Waals surface area contributed by atoms with Gasteiger partial charge in [0.2, 0.25) is 0 Å². The largest absolute Gasteiger partial charge is 0.397 e. The number of hydrogen-bond donors (Lipinski definition) is 2. The van der Waals surface area contributed by atoms with Crippen molar-refractivity contribution >= 4 is 33.0 Å². The van der Waals surface area contributed by atoms with E-state index in [0.29, 0.717) is 17.1 Å². The van der Waals surface area contributed by atoms with Gasteiger partial charge in [-0.15, -0.1) is 0 Å². The van der Waals surface area contributed by atoms with E-state index in [4.69, 9.17) is 11.0 Å². The van der Waals surface area contributed by atoms with Crippen LogP contribution in [0.4, 0.5) is 25.8 Å². The highest BCUT2D eigenvalue weighted by Gasteiger charge is 2.09. The van der Waals surface area contributed by atoms with Gasteiger partial charge < -0.3 is 11.1 Å². The number of rotatable bonds is 2. The molecule has 0 aliphatic carbocycles. The molecule has 0 atom stereocenters. The molecule has 0 bridgehead atoms. The van der Waals surface area contributed by atoms with Crippen molar-refractivity contribution in [2.24, 2.45) is 0 Å². The average molecular weight is 324 g/mol. The molecular weight excluding hydrogens is 316 g/mol. The average Bonchev–Trinajstić information content (AvgIpc) is 2.37. The first-order valence-corrected chi connectivity index (χ1v) is 6.01. The third-order valence-electron chi connectivity index (χ3n) is 2.46. The van der Waals surface area contributed by atoms with Crippen LogP contribution in [0.2, 0.25) is 0 Å². The molecule has 96 valence electrons. The van der Waals surface area contributed by atoms with Gasteiger partial charge in [-0.05, 0) is 40.2 Å². The molecular formula is C13H8BrF2N3. The van der Waals surface area contributed by atoms with Crippen LogP contribution in [0, 0.1) is 23.0 Å². The van der Waals surface area contributed by atoms with Gasteiger partial charge in [-0.3, -0.25) is 0 Å². The molecule has 0 radical (unpaired) electrons. The molecule has 3 N–H and O–H groups in total. The predicted molar refractivity (Wildman–Crippen MR) is 72.9 cm³/mol. The van der Waals surface area contributed by atoms with Crippen molar-refractivity contribution in [2.45, 2.75) is 0 Å². The summed E-state index contributed by atoms with van der Waals surface area (Å²) in [4.78, 5) is 0. The number of benzene rings is 2. The van der Waals surface area contributed by atoms with E-state index < -0.39 is 11.6 Å². The summed E-state index contributed by atoms with van der Waals surface area (Å²) in [6.07, 6.45) is 0. The number of nitrogen functional groups attached to an aromatic ring is 1. The molecule has 2 rings (SSSR count). The summed E-state index contributed by atoms with van der Waals surface area (Å²) in [5.74, 6) is -1.01. The summed E-state index contributed by atoms with van der Waals surface area (Å²) < 4.78 is 26.7. The molecule has 0 aliphatic rings. The minimum Gasteiger partial charge on any atom is -0.397 e. The van der Waals surface area contributed by atoms with Crippen LogP contribution in [-0.2, 0) is 0 Å². The van der Waals surface area contributed by atoms with E-state index >= 15 is 0 Å². The second-order valence-electron chi connectivity index (χ2n) is 3.78. The first kappa shape index (κ1) is 13.3. The molecule has 0 aromatic heterocycles. The van der Waals surface area contributed by atoms with Crippen molar-refractivity contribution in [1.29, 1.82) is 5.26 Å². The lowest BCUT2D eigenvalue weighted by Crippen LogP contribution is -1.99. The smallest absolute Gasteiger partial charge is 0.139 e. The maximum atomic E-state index is 13.4. The van der Waals surface area contributed by atoms with E-state index in [2.05, 4.69) is 21.2 Å². The van der Waals surface area contributed by atoms with E-state index in [-0.39, 0.29) is 10.0 Å². The fourth-order valence-electron chi connectivity index (χ4n) is 1.53. The van der Waals surface area contributed by atoms with Crippen LogP contribution < -0.4 is 11.1 Å². The van der Waals surface area contributed by atoms with Gasteiger partial charge in [0.1, 0.15) is 17.7 Å². The Hall–Kier alpha value is -2.13. The summed E-state index contributed by atoms with van der Waals surface area (Å²) in [6.45, 7) is 0. The minimum atomic E-state index is -0.517. The zero-order valence-electron chi connectivity index (χ0n) is 9.55. The Labute approximate surface area is 116 Å². The normalized spacial score (nSPS) is 10.0. The molecule has 19 heavy (non-hydrogen) atoms. The van der Waals surface area contributed by atoms with Gasteiger partial charge in [-0.1, -0.05) is 0 Å². The highest BCUT2D eigenvalue weighted by Crippen LogP contribution is 2.30. The van der Waals surface area contributed by atoms with Crippen LogP contribution in [0.3, 0.4) is 0 Å². The van der Waals surface area contributed by atoms with Gasteiger partial charge in [-0.2, -0.15) is 5.26 Å². The quantitative estimate of drug-likeness (QED) is 0.823. The van der Waals surface area contributed by atoms with Crippen molar-refractivity contribution in [3.05, 3.63) is 52.0 Å². The Balaban J connectivity index is 2.42. The van der Waals surface area contributed by atoms with Gasteiger partial charge in [0.15, 0.2) is 0 Å². The van der Waals surface area contributed by atoms with Crippen LogP contribution >= 0.6 is 15.9 Å². The standard InChI is InChI=1S/C13H8BrF2N3/c14-9-4-11(18)13(5-10(9)16)19-12-2-1-8(15)3-7(12)6-17/h1-5,19H,18H2. The molecule has 0 aliphatic heterocycles. The molecule has 0 amide bonds. The Morgan fingerprint density at radius 3 is 2.58 bits per heavy atom. The molecule has 0 unspecified atom stereocenters. The first-order valence-electron chi connectivity index (χ1n) is 5.22. The summed E-state index contributed by atoms with van der Waals surface area (Å²) in [5, 5.41) is 11.7. The molecule has 0 fully saturated rings. The Morgan fingerprint density at radius 1 is 1.16 bits per heavy atom. The first-order chi connectivity index (χ1) is 9.01. The Bertz CT molecular complexity index is 680. The zero-order valence-corrected chi connectivity index (χ0v) is 11.1. The topological polar surface area (TPSA) is 61.8 Å². The van der Waals surface area contributed by atoms with Gasteiger partial charge >= 0.3 is 0 Å². The third-order valence-corrected chi connectivity index (χ3v) is 3.07. The number of nitrogens with one attached hydrogen (secondary N) is 1. The highest BCUT2D eigenvalue weighted by molar-refractivity contribution is 9.10. The summed E-state index contributed by atoms with van der Waals surface area (Å²) in [7, 11) is 0. The molecule has 6 heteroatoms. The molecule has 2 aromatic carbocycles. The highest BCUT2D eigenvalue weighted by atomic mass is 79.9. The van der Waals surface area contributed by atoms with Gasteiger partial charge in [0.25, 0.3) is 0 Å². The van der Waals surface area contributed by atoms with Crippen molar-refractivity contribution < 1.29 is 8.78 Å². The van der Waals surface area contributed by atoms with E-state index in [0.717, 1.165) is 6.07 Å². The van der Waals surface area contributed by atoms with E-state index in [1.807, 2.05) is 6.07 Å². The Morgan fingerprint density at radius 2 is 1.89 bits per heavy atom. The van der Waals surface area contributed by atoms with E-state index in [1.165, 1.54) is 24.3 Å². The lowest BCUT2D eigenvalue weighted by molar-refractivity contribution is 0.622. The number of hydrogen-bond acceptors (Lipinski definition) is 3. The molecule has 0 heterocycles. The number of nitriles is 1. The van der Waals surface area contributed by atoms with Crippen LogP contribution in [0.5, 0.6) is 0 Å². The number of halogens is 3. The minimum absolute atomic E-state index is 0.114. The maximum absolute atomic E-state index is 13.4. The number of nitrogens with zero attached hydrogens (tertiary/aromatic N) is 1. The molecule has 0 spiro atoms. The van der Waals surface area contributed by atoms with E-state index in [9.17, 15) is 8.78 Å². The van der Waals surface area contributed by atoms with Crippen molar-refractivity contribution in [1.82, 2.24) is 0 Å². The van der Waals surface area contributed by atoms with Crippen LogP contribution in [0.1, 0.15) is 5.56 Å². The summed E-state index contributed by atoms with van der Waals surface area (Å²) in [6, 6.07) is 8.15. The molecule has 2 aromatic rings. The van der Waals surface area contributed by atoms with Crippen molar-refractivity contribution in [2.75, 3.05) is 11.1 Å². The lowest BCUT2D eigenvalue weighted by atomic mass is 10.1. The summed E-state index contributed by atoms with van der Waals surface area (Å²) in [5.41, 5.74) is 6.83. The van der Waals surface area contributed by atoms with Gasteiger partial charge in [-0.25, -0.2) is 8.78 Å². The third kappa shape index (κ3) is 2.83. The van der Waals surface area contributed by atoms with Crippen molar-refractivity contribution in [3.8, 4) is 6.07 Å². The maximum Gasteiger partial charge on any atom is 0.139 e. The van der Waals surface area contributed by atoms with Crippen molar-refractivity contribution in [3.63, 3.8) is 0 Å². The van der Waals surface area contributed by atoms with Gasteiger partial charge in [0.05, 0.1) is 27.1 Å². The van der Waals surface area contributed by atoms with E-state index in [1.54, 1.807) is 0 Å². The second-order valence-corrected chi connectivity index (χ2v) is 4.63. The SMILES string of the molecule is N#Cc1cc(F)ccc1Nc1cc(F)c(Br)cc1N.